The highest BCUT2D eigenvalue weighted by Crippen LogP contribution is 2.33. The summed E-state index contributed by atoms with van der Waals surface area (Å²) in [4.78, 5) is 17.0. The number of rotatable bonds is 5. The molecule has 134 valence electrons. The van der Waals surface area contributed by atoms with Gasteiger partial charge in [-0.3, -0.25) is 4.79 Å². The van der Waals surface area contributed by atoms with E-state index in [1.54, 1.807) is 47.4 Å². The molecule has 1 amide bonds. The fraction of sp³-hybridized carbons (Fsp3) is 0.0476. The van der Waals surface area contributed by atoms with Crippen molar-refractivity contribution in [2.75, 3.05) is 5.32 Å². The summed E-state index contributed by atoms with van der Waals surface area (Å²) in [5, 5.41) is 3.54. The molecule has 0 saturated carbocycles. The van der Waals surface area contributed by atoms with E-state index in [-0.39, 0.29) is 5.91 Å². The van der Waals surface area contributed by atoms with Crippen molar-refractivity contribution in [1.29, 1.82) is 0 Å². The molecule has 1 heterocycles. The third-order valence-electron chi connectivity index (χ3n) is 3.94. The minimum atomic E-state index is -0.158. The zero-order valence-corrected chi connectivity index (χ0v) is 16.6. The summed E-state index contributed by atoms with van der Waals surface area (Å²) >= 11 is 9.23. The van der Waals surface area contributed by atoms with Crippen LogP contribution >= 0.6 is 34.7 Å². The molecule has 6 heteroatoms. The van der Waals surface area contributed by atoms with Crippen LogP contribution in [0, 0.1) is 0 Å². The van der Waals surface area contributed by atoms with E-state index >= 15 is 0 Å². The number of thiazole rings is 1. The van der Waals surface area contributed by atoms with Gasteiger partial charge in [-0.15, -0.1) is 11.3 Å². The van der Waals surface area contributed by atoms with Crippen molar-refractivity contribution in [2.24, 2.45) is 0 Å². The fourth-order valence-corrected chi connectivity index (χ4v) is 4.76. The van der Waals surface area contributed by atoms with Crippen LogP contribution in [0.15, 0.2) is 77.1 Å². The summed E-state index contributed by atoms with van der Waals surface area (Å²) in [6, 6.07) is 23.0. The SMILES string of the molecule is O=C(Nc1ccc2nc(SCc3ccccc3)sc2c1)c1ccc(Cl)cc1. The Morgan fingerprint density at radius 3 is 2.59 bits per heavy atom. The van der Waals surface area contributed by atoms with Crippen molar-refractivity contribution in [3.8, 4) is 0 Å². The van der Waals surface area contributed by atoms with Crippen LogP contribution in [0.4, 0.5) is 5.69 Å². The number of benzene rings is 3. The van der Waals surface area contributed by atoms with Gasteiger partial charge in [0.2, 0.25) is 0 Å². The van der Waals surface area contributed by atoms with Gasteiger partial charge in [0.25, 0.3) is 5.91 Å². The van der Waals surface area contributed by atoms with Crippen molar-refractivity contribution >= 4 is 56.5 Å². The van der Waals surface area contributed by atoms with Gasteiger partial charge in [-0.1, -0.05) is 53.7 Å². The lowest BCUT2D eigenvalue weighted by molar-refractivity contribution is 0.102. The Balaban J connectivity index is 1.47. The minimum absolute atomic E-state index is 0.158. The van der Waals surface area contributed by atoms with Crippen molar-refractivity contribution in [2.45, 2.75) is 10.1 Å². The zero-order valence-electron chi connectivity index (χ0n) is 14.2. The van der Waals surface area contributed by atoms with Crippen LogP contribution in [-0.4, -0.2) is 10.9 Å². The maximum Gasteiger partial charge on any atom is 0.255 e. The van der Waals surface area contributed by atoms with Gasteiger partial charge in [0, 0.05) is 22.0 Å². The van der Waals surface area contributed by atoms with Crippen molar-refractivity contribution in [3.05, 3.63) is 88.9 Å². The number of aromatic nitrogens is 1. The summed E-state index contributed by atoms with van der Waals surface area (Å²) < 4.78 is 2.08. The largest absolute Gasteiger partial charge is 0.322 e. The summed E-state index contributed by atoms with van der Waals surface area (Å²) in [5.41, 5.74) is 3.55. The third-order valence-corrected chi connectivity index (χ3v) is 6.42. The number of thioether (sulfide) groups is 1. The molecule has 0 aliphatic carbocycles. The van der Waals surface area contributed by atoms with Gasteiger partial charge < -0.3 is 5.32 Å². The van der Waals surface area contributed by atoms with E-state index in [1.807, 2.05) is 36.4 Å². The van der Waals surface area contributed by atoms with Crippen LogP contribution < -0.4 is 5.32 Å². The van der Waals surface area contributed by atoms with Gasteiger partial charge >= 0.3 is 0 Å². The molecule has 0 radical (unpaired) electrons. The number of anilines is 1. The molecule has 1 N–H and O–H groups in total. The van der Waals surface area contributed by atoms with Crippen LogP contribution in [0.3, 0.4) is 0 Å². The molecule has 4 rings (SSSR count). The summed E-state index contributed by atoms with van der Waals surface area (Å²) in [6.07, 6.45) is 0. The first-order valence-electron chi connectivity index (χ1n) is 8.32. The van der Waals surface area contributed by atoms with Gasteiger partial charge in [0.1, 0.15) is 0 Å². The van der Waals surface area contributed by atoms with Crippen molar-refractivity contribution in [3.63, 3.8) is 0 Å². The first-order chi connectivity index (χ1) is 13.2. The van der Waals surface area contributed by atoms with Gasteiger partial charge in [-0.2, -0.15) is 0 Å². The number of fused-ring (bicyclic) bond motifs is 1. The minimum Gasteiger partial charge on any atom is -0.322 e. The molecular formula is C21H15ClN2OS2. The first kappa shape index (κ1) is 18.0. The van der Waals surface area contributed by atoms with Gasteiger partial charge in [0.15, 0.2) is 4.34 Å². The number of amides is 1. The van der Waals surface area contributed by atoms with Gasteiger partial charge in [-0.25, -0.2) is 4.98 Å². The number of nitrogens with one attached hydrogen (secondary N) is 1. The highest BCUT2D eigenvalue weighted by atomic mass is 35.5. The quantitative estimate of drug-likeness (QED) is 0.382. The Kier molecular flexibility index (Phi) is 5.43. The van der Waals surface area contributed by atoms with Gasteiger partial charge in [-0.05, 0) is 48.0 Å². The number of carbonyl (C=O) groups excluding carboxylic acids is 1. The Morgan fingerprint density at radius 2 is 1.81 bits per heavy atom. The molecule has 0 unspecified atom stereocenters. The van der Waals surface area contributed by atoms with E-state index < -0.39 is 0 Å². The van der Waals surface area contributed by atoms with Crippen LogP contribution in [0.2, 0.25) is 5.02 Å². The molecule has 0 bridgehead atoms. The number of hydrogen-bond donors (Lipinski definition) is 1. The second-order valence-corrected chi connectivity index (χ2v) is 8.59. The van der Waals surface area contributed by atoms with Crippen molar-refractivity contribution < 1.29 is 4.79 Å². The van der Waals surface area contributed by atoms with Crippen LogP contribution in [0.1, 0.15) is 15.9 Å². The lowest BCUT2D eigenvalue weighted by atomic mass is 10.2. The molecule has 0 fully saturated rings. The molecule has 0 aliphatic heterocycles. The van der Waals surface area contributed by atoms with E-state index in [1.165, 1.54) is 5.56 Å². The summed E-state index contributed by atoms with van der Waals surface area (Å²) in [6.45, 7) is 0. The monoisotopic (exact) mass is 410 g/mol. The number of carbonyl (C=O) groups is 1. The van der Waals surface area contributed by atoms with Crippen LogP contribution in [0.5, 0.6) is 0 Å². The van der Waals surface area contributed by atoms with Crippen LogP contribution in [0.25, 0.3) is 10.2 Å². The second-order valence-electron chi connectivity index (χ2n) is 5.90. The second kappa shape index (κ2) is 8.13. The summed E-state index contributed by atoms with van der Waals surface area (Å²) in [7, 11) is 0. The average molecular weight is 411 g/mol. The lowest BCUT2D eigenvalue weighted by Gasteiger charge is -2.05. The Labute approximate surface area is 170 Å². The average Bonchev–Trinajstić information content (AvgIpc) is 3.10. The first-order valence-corrected chi connectivity index (χ1v) is 10.5. The van der Waals surface area contributed by atoms with Gasteiger partial charge in [0.05, 0.1) is 10.2 Å². The molecule has 27 heavy (non-hydrogen) atoms. The molecule has 3 nitrogen and oxygen atoms in total. The maximum atomic E-state index is 12.4. The normalized spacial score (nSPS) is 10.9. The lowest BCUT2D eigenvalue weighted by Crippen LogP contribution is -2.11. The van der Waals surface area contributed by atoms with E-state index in [0.29, 0.717) is 10.6 Å². The zero-order chi connectivity index (χ0) is 18.6. The molecular weight excluding hydrogens is 396 g/mol. The highest BCUT2D eigenvalue weighted by Gasteiger charge is 2.09. The highest BCUT2D eigenvalue weighted by molar-refractivity contribution is 8.00. The molecule has 0 atom stereocenters. The van der Waals surface area contributed by atoms with E-state index in [2.05, 4.69) is 22.4 Å². The Bertz CT molecular complexity index is 1080. The topological polar surface area (TPSA) is 42.0 Å². The molecule has 0 spiro atoms. The van der Waals surface area contributed by atoms with Crippen LogP contribution in [-0.2, 0) is 5.75 Å². The number of nitrogens with zero attached hydrogens (tertiary/aromatic N) is 1. The maximum absolute atomic E-state index is 12.4. The van der Waals surface area contributed by atoms with E-state index in [9.17, 15) is 4.79 Å². The van der Waals surface area contributed by atoms with E-state index in [0.717, 1.165) is 26.0 Å². The summed E-state index contributed by atoms with van der Waals surface area (Å²) in [5.74, 6) is 0.732. The predicted molar refractivity (Wildman–Crippen MR) is 115 cm³/mol. The third kappa shape index (κ3) is 4.50. The molecule has 0 saturated heterocycles. The molecule has 1 aromatic heterocycles. The number of halogens is 1. The molecule has 0 aliphatic rings. The standard InChI is InChI=1S/C21H15ClN2OS2/c22-16-8-6-15(7-9-16)20(25)23-17-10-11-18-19(12-17)27-21(24-18)26-13-14-4-2-1-3-5-14/h1-12H,13H2,(H,23,25). The molecule has 3 aromatic carbocycles. The van der Waals surface area contributed by atoms with E-state index in [4.69, 9.17) is 11.6 Å². The Morgan fingerprint density at radius 1 is 1.04 bits per heavy atom. The Hall–Kier alpha value is -2.34. The van der Waals surface area contributed by atoms with Crippen molar-refractivity contribution in [1.82, 2.24) is 4.98 Å². The molecule has 4 aromatic rings. The fourth-order valence-electron chi connectivity index (χ4n) is 2.57. The number of hydrogen-bond acceptors (Lipinski definition) is 4. The predicted octanol–water partition coefficient (Wildman–Crippen LogP) is 6.49. The smallest absolute Gasteiger partial charge is 0.255 e.